The van der Waals surface area contributed by atoms with E-state index in [1.807, 2.05) is 13.0 Å². The number of nitrogens with zero attached hydrogens (tertiary/aromatic N) is 6. The van der Waals surface area contributed by atoms with Crippen LogP contribution in [-0.4, -0.2) is 48.5 Å². The van der Waals surface area contributed by atoms with Crippen LogP contribution in [0.2, 0.25) is 0 Å². The highest BCUT2D eigenvalue weighted by atomic mass is 19.4. The summed E-state index contributed by atoms with van der Waals surface area (Å²) in [6, 6.07) is 6.13. The van der Waals surface area contributed by atoms with Crippen molar-refractivity contribution in [3.8, 4) is 11.4 Å². The third-order valence-corrected chi connectivity index (χ3v) is 6.83. The molecule has 2 aliphatic rings. The molecule has 0 radical (unpaired) electrons. The lowest BCUT2D eigenvalue weighted by molar-refractivity contribution is -0.138. The van der Waals surface area contributed by atoms with Gasteiger partial charge in [-0.15, -0.1) is 0 Å². The van der Waals surface area contributed by atoms with Crippen molar-refractivity contribution in [1.29, 1.82) is 0 Å². The molecule has 0 bridgehead atoms. The first-order valence-electron chi connectivity index (χ1n) is 11.7. The standard InChI is InChI=1S/C25H25F3N6O/c1-14-4-6-19(23-29-8-3-9-30-23)22(31-14)24(35)34-13-17-11-16(17)12-18(34)5-7-21-20(25(26,27)28)10-15(2)32-33-21/h3-4,6,8-10,16-18H,5,7,11-13H2,1-2H3/t16-,17+,18-/m1/s1. The van der Waals surface area contributed by atoms with Gasteiger partial charge in [-0.05, 0) is 75.6 Å². The van der Waals surface area contributed by atoms with E-state index in [9.17, 15) is 18.0 Å². The van der Waals surface area contributed by atoms with Gasteiger partial charge in [-0.25, -0.2) is 15.0 Å². The molecule has 1 saturated carbocycles. The number of piperidine rings is 1. The highest BCUT2D eigenvalue weighted by Crippen LogP contribution is 2.48. The fourth-order valence-electron chi connectivity index (χ4n) is 4.95. The Balaban J connectivity index is 1.43. The van der Waals surface area contributed by atoms with Gasteiger partial charge in [0.1, 0.15) is 5.69 Å². The topological polar surface area (TPSA) is 84.8 Å². The van der Waals surface area contributed by atoms with Crippen LogP contribution in [0.15, 0.2) is 36.7 Å². The van der Waals surface area contributed by atoms with Crippen molar-refractivity contribution in [3.05, 3.63) is 65.0 Å². The summed E-state index contributed by atoms with van der Waals surface area (Å²) >= 11 is 0. The number of amides is 1. The van der Waals surface area contributed by atoms with Crippen LogP contribution in [0, 0.1) is 25.7 Å². The van der Waals surface area contributed by atoms with Crippen molar-refractivity contribution >= 4 is 5.91 Å². The molecule has 0 spiro atoms. The maximum atomic E-state index is 13.8. The number of fused-ring (bicyclic) bond motifs is 1. The Labute approximate surface area is 200 Å². The molecule has 2 fully saturated rings. The second-order valence-corrected chi connectivity index (χ2v) is 9.41. The molecule has 1 aliphatic carbocycles. The molecular weight excluding hydrogens is 457 g/mol. The van der Waals surface area contributed by atoms with Crippen molar-refractivity contribution in [3.63, 3.8) is 0 Å². The highest BCUT2D eigenvalue weighted by Gasteiger charge is 2.47. The Kier molecular flexibility index (Phi) is 5.98. The van der Waals surface area contributed by atoms with E-state index in [4.69, 9.17) is 0 Å². The van der Waals surface area contributed by atoms with Gasteiger partial charge in [0.25, 0.3) is 5.91 Å². The number of pyridine rings is 1. The summed E-state index contributed by atoms with van der Waals surface area (Å²) in [7, 11) is 0. The molecule has 1 saturated heterocycles. The molecule has 3 aromatic rings. The monoisotopic (exact) mass is 482 g/mol. The van der Waals surface area contributed by atoms with Gasteiger partial charge in [-0.3, -0.25) is 4.79 Å². The molecule has 3 aromatic heterocycles. The fourth-order valence-corrected chi connectivity index (χ4v) is 4.95. The maximum absolute atomic E-state index is 13.8. The van der Waals surface area contributed by atoms with E-state index in [2.05, 4.69) is 25.1 Å². The van der Waals surface area contributed by atoms with Crippen LogP contribution in [0.25, 0.3) is 11.4 Å². The molecule has 0 unspecified atom stereocenters. The number of likely N-dealkylation sites (tertiary alicyclic amines) is 1. The zero-order valence-electron chi connectivity index (χ0n) is 19.5. The van der Waals surface area contributed by atoms with Gasteiger partial charge < -0.3 is 4.90 Å². The minimum Gasteiger partial charge on any atom is -0.334 e. The third-order valence-electron chi connectivity index (χ3n) is 6.83. The van der Waals surface area contributed by atoms with Gasteiger partial charge in [-0.1, -0.05) is 0 Å². The van der Waals surface area contributed by atoms with E-state index < -0.39 is 11.7 Å². The Morgan fingerprint density at radius 2 is 1.83 bits per heavy atom. The summed E-state index contributed by atoms with van der Waals surface area (Å²) in [4.78, 5) is 28.7. The first-order chi connectivity index (χ1) is 16.7. The Morgan fingerprint density at radius 1 is 1.06 bits per heavy atom. The van der Waals surface area contributed by atoms with Crippen LogP contribution in [0.3, 0.4) is 0 Å². The van der Waals surface area contributed by atoms with E-state index in [1.54, 1.807) is 29.4 Å². The van der Waals surface area contributed by atoms with Gasteiger partial charge in [0, 0.05) is 30.7 Å². The number of rotatable bonds is 5. The SMILES string of the molecule is Cc1cc(C(F)(F)F)c(CC[C@@H]2C[C@H]3C[C@H]3CN2C(=O)c2nc(C)ccc2-c2ncccn2)nn1. The smallest absolute Gasteiger partial charge is 0.334 e. The summed E-state index contributed by atoms with van der Waals surface area (Å²) in [5.41, 5.74) is 0.883. The quantitative estimate of drug-likeness (QED) is 0.534. The van der Waals surface area contributed by atoms with E-state index in [0.717, 1.165) is 18.9 Å². The number of carbonyl (C=O) groups excluding carboxylic acids is 1. The average molecular weight is 483 g/mol. The second kappa shape index (κ2) is 8.98. The molecule has 4 heterocycles. The summed E-state index contributed by atoms with van der Waals surface area (Å²) in [6.07, 6.45) is 0.971. The number of hydrogen-bond donors (Lipinski definition) is 0. The summed E-state index contributed by atoms with van der Waals surface area (Å²) in [6.45, 7) is 3.87. The average Bonchev–Trinajstić information content (AvgIpc) is 3.60. The Hall–Kier alpha value is -3.43. The molecule has 3 atom stereocenters. The molecular formula is C25H25F3N6O. The van der Waals surface area contributed by atoms with Crippen LogP contribution < -0.4 is 0 Å². The molecule has 10 heteroatoms. The van der Waals surface area contributed by atoms with Gasteiger partial charge >= 0.3 is 6.18 Å². The van der Waals surface area contributed by atoms with Gasteiger partial charge in [-0.2, -0.15) is 23.4 Å². The lowest BCUT2D eigenvalue weighted by Gasteiger charge is -2.36. The summed E-state index contributed by atoms with van der Waals surface area (Å²) < 4.78 is 40.7. The fraction of sp³-hybridized carbons (Fsp3) is 0.440. The molecule has 7 nitrogen and oxygen atoms in total. The first kappa shape index (κ1) is 23.3. The molecule has 0 aromatic carbocycles. The highest BCUT2D eigenvalue weighted by molar-refractivity contribution is 5.98. The number of halogens is 3. The van der Waals surface area contributed by atoms with Crippen LogP contribution in [0.5, 0.6) is 0 Å². The Bertz CT molecular complexity index is 1250. The van der Waals surface area contributed by atoms with Crippen LogP contribution >= 0.6 is 0 Å². The van der Waals surface area contributed by atoms with Crippen molar-refractivity contribution in [2.24, 2.45) is 11.8 Å². The molecule has 0 N–H and O–H groups in total. The largest absolute Gasteiger partial charge is 0.418 e. The second-order valence-electron chi connectivity index (χ2n) is 9.41. The molecule has 1 amide bonds. The van der Waals surface area contributed by atoms with Crippen molar-refractivity contribution in [1.82, 2.24) is 30.0 Å². The van der Waals surface area contributed by atoms with Crippen LogP contribution in [0.4, 0.5) is 13.2 Å². The zero-order chi connectivity index (χ0) is 24.7. The van der Waals surface area contributed by atoms with Crippen LogP contribution in [-0.2, 0) is 12.6 Å². The van der Waals surface area contributed by atoms with Gasteiger partial charge in [0.15, 0.2) is 5.82 Å². The van der Waals surface area contributed by atoms with E-state index in [0.29, 0.717) is 41.9 Å². The lowest BCUT2D eigenvalue weighted by atomic mass is 9.95. The van der Waals surface area contributed by atoms with Gasteiger partial charge in [0.05, 0.1) is 22.5 Å². The zero-order valence-corrected chi connectivity index (χ0v) is 19.5. The van der Waals surface area contributed by atoms with Crippen molar-refractivity contribution in [2.45, 2.75) is 51.7 Å². The molecule has 1 aliphatic heterocycles. The molecule has 35 heavy (non-hydrogen) atoms. The predicted octanol–water partition coefficient (Wildman–Crippen LogP) is 4.45. The predicted molar refractivity (Wildman–Crippen MR) is 121 cm³/mol. The number of alkyl halides is 3. The van der Waals surface area contributed by atoms with E-state index in [1.165, 1.54) is 6.92 Å². The summed E-state index contributed by atoms with van der Waals surface area (Å²) in [5.74, 6) is 1.11. The number of hydrogen-bond acceptors (Lipinski definition) is 6. The summed E-state index contributed by atoms with van der Waals surface area (Å²) in [5, 5.41) is 7.69. The minimum atomic E-state index is -4.50. The number of carbonyl (C=O) groups is 1. The van der Waals surface area contributed by atoms with Crippen LogP contribution in [0.1, 0.15) is 52.4 Å². The molecule has 182 valence electrons. The van der Waals surface area contributed by atoms with E-state index >= 15 is 0 Å². The third kappa shape index (κ3) is 4.87. The first-order valence-corrected chi connectivity index (χ1v) is 11.7. The lowest BCUT2D eigenvalue weighted by Crippen LogP contribution is -2.45. The number of aromatic nitrogens is 5. The minimum absolute atomic E-state index is 0.0829. The molecule has 5 rings (SSSR count). The normalized spacial score (nSPS) is 21.5. The van der Waals surface area contributed by atoms with Crippen molar-refractivity contribution in [2.75, 3.05) is 6.54 Å². The van der Waals surface area contributed by atoms with E-state index in [-0.39, 0.29) is 35.5 Å². The van der Waals surface area contributed by atoms with Crippen molar-refractivity contribution < 1.29 is 18.0 Å². The van der Waals surface area contributed by atoms with Gasteiger partial charge in [0.2, 0.25) is 0 Å². The maximum Gasteiger partial charge on any atom is 0.418 e. The number of aryl methyl sites for hydroxylation is 3. The Morgan fingerprint density at radius 3 is 2.57 bits per heavy atom.